The average molecular weight is 642 g/mol. The fraction of sp³-hybridized carbons (Fsp3) is 0.321. The molecule has 4 amide bonds. The van der Waals surface area contributed by atoms with Gasteiger partial charge in [0, 0.05) is 65.9 Å². The van der Waals surface area contributed by atoms with E-state index in [1.807, 2.05) is 0 Å². The maximum absolute atomic E-state index is 13.1. The van der Waals surface area contributed by atoms with Gasteiger partial charge in [-0.2, -0.15) is 0 Å². The van der Waals surface area contributed by atoms with E-state index in [1.54, 1.807) is 70.9 Å². The van der Waals surface area contributed by atoms with Crippen molar-refractivity contribution in [2.75, 3.05) is 55.3 Å². The Balaban J connectivity index is 1.17. The summed E-state index contributed by atoms with van der Waals surface area (Å²) >= 11 is 7.26. The fourth-order valence-electron chi connectivity index (χ4n) is 4.71. The van der Waals surface area contributed by atoms with Crippen LogP contribution < -0.4 is 21.3 Å². The van der Waals surface area contributed by atoms with E-state index in [0.29, 0.717) is 47.6 Å². The number of carbonyl (C=O) groups is 4. The van der Waals surface area contributed by atoms with Crippen LogP contribution in [0.25, 0.3) is 0 Å². The Labute approximate surface area is 261 Å². The van der Waals surface area contributed by atoms with Gasteiger partial charge >= 0.3 is 0 Å². The largest absolute Gasteiger partial charge is 0.379 e. The number of morpholine rings is 1. The number of ether oxygens (including phenoxy) is 1. The molecule has 0 aromatic carbocycles. The van der Waals surface area contributed by atoms with E-state index in [2.05, 4.69) is 31.2 Å². The van der Waals surface area contributed by atoms with Gasteiger partial charge in [0.25, 0.3) is 23.6 Å². The first kappa shape index (κ1) is 31.0. The summed E-state index contributed by atoms with van der Waals surface area (Å²) in [4.78, 5) is 58.1. The molecular formula is C28H32ClN9O5S. The average Bonchev–Trinajstić information content (AvgIpc) is 3.76. The molecule has 16 heteroatoms. The summed E-state index contributed by atoms with van der Waals surface area (Å²) in [5.74, 6) is -1.24. The molecule has 4 aromatic rings. The molecule has 0 atom stereocenters. The topological polar surface area (TPSA) is 157 Å². The van der Waals surface area contributed by atoms with Crippen molar-refractivity contribution >= 4 is 63.8 Å². The molecule has 1 aliphatic rings. The quantitative estimate of drug-likeness (QED) is 0.207. The Kier molecular flexibility index (Phi) is 9.49. The first-order valence-electron chi connectivity index (χ1n) is 13.7. The zero-order chi connectivity index (χ0) is 31.4. The fourth-order valence-corrected chi connectivity index (χ4v) is 5.74. The molecule has 4 N–H and O–H groups in total. The third kappa shape index (κ3) is 7.19. The van der Waals surface area contributed by atoms with Gasteiger partial charge in [0.1, 0.15) is 16.3 Å². The first-order valence-corrected chi connectivity index (χ1v) is 15.0. The molecule has 1 aliphatic heterocycles. The number of imidazole rings is 1. The number of anilines is 3. The molecule has 1 saturated heterocycles. The van der Waals surface area contributed by atoms with Crippen LogP contribution in [0.3, 0.4) is 0 Å². The molecule has 0 spiro atoms. The minimum atomic E-state index is -0.471. The van der Waals surface area contributed by atoms with Crippen molar-refractivity contribution in [3.05, 3.63) is 69.3 Å². The Morgan fingerprint density at radius 3 is 2.09 bits per heavy atom. The van der Waals surface area contributed by atoms with Gasteiger partial charge in [0.05, 0.1) is 29.6 Å². The molecule has 0 unspecified atom stereocenters. The third-order valence-electron chi connectivity index (χ3n) is 6.95. The minimum Gasteiger partial charge on any atom is -0.379 e. The number of aromatic nitrogens is 4. The highest BCUT2D eigenvalue weighted by atomic mass is 35.5. The van der Waals surface area contributed by atoms with Crippen LogP contribution in [-0.2, 0) is 25.9 Å². The van der Waals surface area contributed by atoms with E-state index in [-0.39, 0.29) is 34.8 Å². The van der Waals surface area contributed by atoms with E-state index in [0.717, 1.165) is 13.1 Å². The number of hydrogen-bond acceptors (Lipinski definition) is 8. The van der Waals surface area contributed by atoms with Crippen LogP contribution in [0.2, 0.25) is 5.02 Å². The number of carbonyl (C=O) groups excluding carboxylic acids is 4. The van der Waals surface area contributed by atoms with Gasteiger partial charge in [-0.25, -0.2) is 4.98 Å². The molecule has 5 rings (SSSR count). The van der Waals surface area contributed by atoms with Gasteiger partial charge < -0.3 is 39.7 Å². The molecule has 14 nitrogen and oxygen atoms in total. The summed E-state index contributed by atoms with van der Waals surface area (Å²) in [6.07, 6.45) is 4.77. The predicted molar refractivity (Wildman–Crippen MR) is 167 cm³/mol. The van der Waals surface area contributed by atoms with Crippen LogP contribution in [-0.4, -0.2) is 86.6 Å². The van der Waals surface area contributed by atoms with Crippen molar-refractivity contribution in [2.45, 2.75) is 0 Å². The molecular weight excluding hydrogens is 610 g/mol. The number of hydrogen-bond donors (Lipinski definition) is 4. The lowest BCUT2D eigenvalue weighted by molar-refractivity contribution is 0.0383. The van der Waals surface area contributed by atoms with Crippen LogP contribution in [0.4, 0.5) is 17.2 Å². The van der Waals surface area contributed by atoms with Crippen molar-refractivity contribution in [1.82, 2.24) is 28.9 Å². The molecule has 0 radical (unpaired) electrons. The summed E-state index contributed by atoms with van der Waals surface area (Å²) in [5.41, 5.74) is 1.37. The summed E-state index contributed by atoms with van der Waals surface area (Å²) in [6, 6.07) is 4.71. The number of nitrogens with one attached hydrogen (secondary N) is 4. The van der Waals surface area contributed by atoms with E-state index in [1.165, 1.54) is 17.4 Å². The van der Waals surface area contributed by atoms with Crippen molar-refractivity contribution in [2.24, 2.45) is 21.1 Å². The minimum absolute atomic E-state index is 0.165. The molecule has 44 heavy (non-hydrogen) atoms. The Morgan fingerprint density at radius 1 is 0.864 bits per heavy atom. The maximum Gasteiger partial charge on any atom is 0.287 e. The maximum atomic E-state index is 13.1. The molecule has 4 aromatic heterocycles. The number of halogens is 1. The number of amides is 4. The Hall–Kier alpha value is -4.44. The van der Waals surface area contributed by atoms with Gasteiger partial charge in [0.2, 0.25) is 5.82 Å². The van der Waals surface area contributed by atoms with Gasteiger partial charge in [-0.15, -0.1) is 11.3 Å². The van der Waals surface area contributed by atoms with Crippen molar-refractivity contribution in [3.63, 3.8) is 0 Å². The Morgan fingerprint density at radius 2 is 1.48 bits per heavy atom. The van der Waals surface area contributed by atoms with E-state index in [4.69, 9.17) is 16.3 Å². The highest BCUT2D eigenvalue weighted by Crippen LogP contribution is 2.24. The van der Waals surface area contributed by atoms with Gasteiger partial charge in [-0.3, -0.25) is 24.1 Å². The Bertz CT molecular complexity index is 1700. The smallest absolute Gasteiger partial charge is 0.287 e. The molecule has 0 saturated carbocycles. The normalized spacial score (nSPS) is 13.5. The third-order valence-corrected chi connectivity index (χ3v) is 8.29. The summed E-state index contributed by atoms with van der Waals surface area (Å²) in [5, 5.41) is 13.2. The zero-order valence-corrected chi connectivity index (χ0v) is 25.9. The van der Waals surface area contributed by atoms with Gasteiger partial charge in [0.15, 0.2) is 5.82 Å². The molecule has 1 fully saturated rings. The van der Waals surface area contributed by atoms with Crippen molar-refractivity contribution in [3.8, 4) is 0 Å². The molecule has 232 valence electrons. The molecule has 5 heterocycles. The van der Waals surface area contributed by atoms with Gasteiger partial charge in [-0.1, -0.05) is 11.6 Å². The van der Waals surface area contributed by atoms with Crippen LogP contribution in [0, 0.1) is 0 Å². The van der Waals surface area contributed by atoms with E-state index in [9.17, 15) is 19.2 Å². The lowest BCUT2D eigenvalue weighted by Crippen LogP contribution is -2.41. The van der Waals surface area contributed by atoms with Crippen LogP contribution in [0.1, 0.15) is 41.3 Å². The lowest BCUT2D eigenvalue weighted by Gasteiger charge is -2.26. The van der Waals surface area contributed by atoms with Gasteiger partial charge in [-0.05, 0) is 23.6 Å². The van der Waals surface area contributed by atoms with Crippen LogP contribution in [0.15, 0.2) is 42.2 Å². The van der Waals surface area contributed by atoms with Crippen molar-refractivity contribution < 1.29 is 23.9 Å². The molecule has 0 bridgehead atoms. The molecule has 0 aliphatic carbocycles. The van der Waals surface area contributed by atoms with Crippen LogP contribution >= 0.6 is 22.9 Å². The monoisotopic (exact) mass is 641 g/mol. The highest BCUT2D eigenvalue weighted by molar-refractivity contribution is 7.12. The second kappa shape index (κ2) is 13.5. The lowest BCUT2D eigenvalue weighted by atomic mass is 10.3. The number of nitrogens with zero attached hydrogens (tertiary/aromatic N) is 5. The van der Waals surface area contributed by atoms with Crippen LogP contribution in [0.5, 0.6) is 0 Å². The zero-order valence-electron chi connectivity index (χ0n) is 24.3. The second-order valence-electron chi connectivity index (χ2n) is 10.2. The summed E-state index contributed by atoms with van der Waals surface area (Å²) < 4.78 is 10.0. The second-order valence-corrected chi connectivity index (χ2v) is 11.5. The standard InChI is InChI=1S/C28H32ClN9O5S/c1-35-15-18(32-27(41)23-19(29)4-11-44-23)13-20(35)25(39)31-17-12-21(36(2)14-17)26(40)34-22-16-37(3)24(33-22)28(42)30-5-6-38-7-9-43-10-8-38/h4,11-16H,5-10H2,1-3H3,(H,30,42)(H,31,39)(H,32,41)(H,34,40). The summed E-state index contributed by atoms with van der Waals surface area (Å²) in [6.45, 7) is 4.21. The van der Waals surface area contributed by atoms with Crippen molar-refractivity contribution in [1.29, 1.82) is 0 Å². The van der Waals surface area contributed by atoms with E-state index < -0.39 is 11.8 Å². The number of aryl methyl sites for hydroxylation is 3. The predicted octanol–water partition coefficient (Wildman–Crippen LogP) is 2.63. The number of rotatable bonds is 10. The first-order chi connectivity index (χ1) is 21.1. The highest BCUT2D eigenvalue weighted by Gasteiger charge is 2.20. The SMILES string of the molecule is Cn1cc(NC(=O)c2sccc2Cl)cc1C(=O)Nc1cc(C(=O)Nc2cn(C)c(C(=O)NCCN3CCOCC3)n2)n(C)c1. The number of thiophene rings is 1. The summed E-state index contributed by atoms with van der Waals surface area (Å²) in [7, 11) is 5.02. The van der Waals surface area contributed by atoms with E-state index >= 15 is 0 Å².